The second-order valence-corrected chi connectivity index (χ2v) is 5.31. The van der Waals surface area contributed by atoms with Gasteiger partial charge in [-0.2, -0.15) is 0 Å². The second-order valence-electron chi connectivity index (χ2n) is 5.31. The minimum Gasteiger partial charge on any atom is -0.480 e. The van der Waals surface area contributed by atoms with E-state index < -0.39 is 5.97 Å². The molecule has 0 spiro atoms. The number of carboxylic acids is 1. The number of carbonyl (C=O) groups excluding carboxylic acids is 2. The number of rotatable bonds is 8. The minimum atomic E-state index is -1.08. The highest BCUT2D eigenvalue weighted by atomic mass is 16.4. The summed E-state index contributed by atoms with van der Waals surface area (Å²) in [6.07, 6.45) is 1.54. The normalized spacial score (nSPS) is 11.5. The zero-order valence-electron chi connectivity index (χ0n) is 12.9. The molecule has 6 heteroatoms. The standard InChI is InChI=1S/C16H22N2O4/c1-3-11(2)8-15(20)18-13-6-4-12(5-7-13)9-14(19)17-10-16(21)22/h4-7,11H,3,8-10H2,1-2H3,(H,17,19)(H,18,20)(H,21,22). The van der Waals surface area contributed by atoms with Crippen molar-refractivity contribution >= 4 is 23.5 Å². The van der Waals surface area contributed by atoms with Gasteiger partial charge >= 0.3 is 5.97 Å². The number of hydrogen-bond donors (Lipinski definition) is 3. The lowest BCUT2D eigenvalue weighted by Gasteiger charge is -2.10. The van der Waals surface area contributed by atoms with Crippen LogP contribution in [-0.2, 0) is 20.8 Å². The number of carboxylic acid groups (broad SMARTS) is 1. The van der Waals surface area contributed by atoms with Gasteiger partial charge in [-0.15, -0.1) is 0 Å². The first-order chi connectivity index (χ1) is 10.4. The molecule has 0 heterocycles. The van der Waals surface area contributed by atoms with Gasteiger partial charge in [0.15, 0.2) is 0 Å². The van der Waals surface area contributed by atoms with Crippen LogP contribution < -0.4 is 10.6 Å². The molecule has 120 valence electrons. The summed E-state index contributed by atoms with van der Waals surface area (Å²) in [7, 11) is 0. The van der Waals surface area contributed by atoms with Crippen molar-refractivity contribution in [2.45, 2.75) is 33.1 Å². The lowest BCUT2D eigenvalue weighted by molar-refractivity contribution is -0.137. The van der Waals surface area contributed by atoms with Crippen molar-refractivity contribution < 1.29 is 19.5 Å². The number of nitrogens with one attached hydrogen (secondary N) is 2. The first kappa shape index (κ1) is 17.7. The third kappa shape index (κ3) is 6.88. The molecule has 1 aromatic rings. The summed E-state index contributed by atoms with van der Waals surface area (Å²) in [5.41, 5.74) is 1.44. The van der Waals surface area contributed by atoms with E-state index in [9.17, 15) is 14.4 Å². The Hall–Kier alpha value is -2.37. The number of anilines is 1. The minimum absolute atomic E-state index is 0.0266. The summed E-state index contributed by atoms with van der Waals surface area (Å²) in [5.74, 6) is -1.11. The highest BCUT2D eigenvalue weighted by Gasteiger charge is 2.08. The molecule has 1 atom stereocenters. The molecule has 2 amide bonds. The van der Waals surface area contributed by atoms with E-state index in [1.165, 1.54) is 0 Å². The molecule has 0 aliphatic rings. The third-order valence-electron chi connectivity index (χ3n) is 3.27. The van der Waals surface area contributed by atoms with Crippen molar-refractivity contribution in [1.29, 1.82) is 0 Å². The van der Waals surface area contributed by atoms with Crippen LogP contribution in [0.3, 0.4) is 0 Å². The maximum Gasteiger partial charge on any atom is 0.322 e. The van der Waals surface area contributed by atoms with Crippen molar-refractivity contribution in [1.82, 2.24) is 5.32 Å². The molecule has 1 rings (SSSR count). The van der Waals surface area contributed by atoms with Gasteiger partial charge in [-0.1, -0.05) is 32.4 Å². The Labute approximate surface area is 129 Å². The Morgan fingerprint density at radius 2 is 1.77 bits per heavy atom. The molecule has 0 aliphatic carbocycles. The SMILES string of the molecule is CCC(C)CC(=O)Nc1ccc(CC(=O)NCC(=O)O)cc1. The van der Waals surface area contributed by atoms with Gasteiger partial charge in [-0.05, 0) is 23.6 Å². The quantitative estimate of drug-likeness (QED) is 0.682. The second kappa shape index (κ2) is 8.81. The fourth-order valence-electron chi connectivity index (χ4n) is 1.80. The van der Waals surface area contributed by atoms with Crippen molar-refractivity contribution in [2.24, 2.45) is 5.92 Å². The number of carbonyl (C=O) groups is 3. The largest absolute Gasteiger partial charge is 0.480 e. The molecule has 22 heavy (non-hydrogen) atoms. The van der Waals surface area contributed by atoms with Gasteiger partial charge < -0.3 is 15.7 Å². The Bertz CT molecular complexity index is 525. The zero-order chi connectivity index (χ0) is 16.5. The highest BCUT2D eigenvalue weighted by Crippen LogP contribution is 2.13. The van der Waals surface area contributed by atoms with Crippen LogP contribution in [0.4, 0.5) is 5.69 Å². The van der Waals surface area contributed by atoms with Crippen LogP contribution in [0.5, 0.6) is 0 Å². The summed E-state index contributed by atoms with van der Waals surface area (Å²) >= 11 is 0. The van der Waals surface area contributed by atoms with Gasteiger partial charge in [0, 0.05) is 12.1 Å². The van der Waals surface area contributed by atoms with E-state index in [-0.39, 0.29) is 24.8 Å². The number of aliphatic carboxylic acids is 1. The summed E-state index contributed by atoms with van der Waals surface area (Å²) in [4.78, 5) is 33.6. The Morgan fingerprint density at radius 3 is 2.32 bits per heavy atom. The highest BCUT2D eigenvalue weighted by molar-refractivity contribution is 5.91. The number of benzene rings is 1. The predicted octanol–water partition coefficient (Wildman–Crippen LogP) is 1.80. The first-order valence-electron chi connectivity index (χ1n) is 7.28. The van der Waals surface area contributed by atoms with Crippen molar-refractivity contribution in [3.63, 3.8) is 0 Å². The number of amides is 2. The van der Waals surface area contributed by atoms with Crippen molar-refractivity contribution in [2.75, 3.05) is 11.9 Å². The van der Waals surface area contributed by atoms with E-state index in [1.807, 2.05) is 13.8 Å². The fourth-order valence-corrected chi connectivity index (χ4v) is 1.80. The van der Waals surface area contributed by atoms with Crippen molar-refractivity contribution in [3.8, 4) is 0 Å². The van der Waals surface area contributed by atoms with Crippen LogP contribution in [0, 0.1) is 5.92 Å². The lowest BCUT2D eigenvalue weighted by atomic mass is 10.0. The molecule has 6 nitrogen and oxygen atoms in total. The third-order valence-corrected chi connectivity index (χ3v) is 3.27. The van der Waals surface area contributed by atoms with Gasteiger partial charge in [0.1, 0.15) is 6.54 Å². The predicted molar refractivity (Wildman–Crippen MR) is 83.5 cm³/mol. The van der Waals surface area contributed by atoms with Crippen LogP contribution in [0.25, 0.3) is 0 Å². The zero-order valence-corrected chi connectivity index (χ0v) is 12.9. The molecule has 0 radical (unpaired) electrons. The van der Waals surface area contributed by atoms with Gasteiger partial charge in [0.25, 0.3) is 0 Å². The smallest absolute Gasteiger partial charge is 0.322 e. The molecular weight excluding hydrogens is 284 g/mol. The summed E-state index contributed by atoms with van der Waals surface area (Å²) in [6, 6.07) is 6.93. The fraction of sp³-hybridized carbons (Fsp3) is 0.438. The molecule has 0 aliphatic heterocycles. The van der Waals surface area contributed by atoms with Crippen LogP contribution in [0.2, 0.25) is 0 Å². The lowest BCUT2D eigenvalue weighted by Crippen LogP contribution is -2.30. The molecule has 0 fully saturated rings. The Morgan fingerprint density at radius 1 is 1.14 bits per heavy atom. The van der Waals surface area contributed by atoms with E-state index in [4.69, 9.17) is 5.11 Å². The Kier molecular flexibility index (Phi) is 7.08. The van der Waals surface area contributed by atoms with Crippen LogP contribution in [0.15, 0.2) is 24.3 Å². The van der Waals surface area contributed by atoms with Crippen LogP contribution in [-0.4, -0.2) is 29.4 Å². The summed E-state index contributed by atoms with van der Waals surface area (Å²) < 4.78 is 0. The molecule has 0 aromatic heterocycles. The van der Waals surface area contributed by atoms with Gasteiger partial charge in [-0.3, -0.25) is 14.4 Å². The molecular formula is C16H22N2O4. The van der Waals surface area contributed by atoms with Crippen molar-refractivity contribution in [3.05, 3.63) is 29.8 Å². The summed E-state index contributed by atoms with van der Waals surface area (Å²) in [5, 5.41) is 13.6. The van der Waals surface area contributed by atoms with E-state index in [0.29, 0.717) is 18.0 Å². The van der Waals surface area contributed by atoms with E-state index >= 15 is 0 Å². The van der Waals surface area contributed by atoms with Crippen LogP contribution >= 0.6 is 0 Å². The molecule has 1 unspecified atom stereocenters. The van der Waals surface area contributed by atoms with Gasteiger partial charge in [0.05, 0.1) is 6.42 Å². The molecule has 0 bridgehead atoms. The van der Waals surface area contributed by atoms with E-state index in [1.54, 1.807) is 24.3 Å². The maximum atomic E-state index is 11.8. The van der Waals surface area contributed by atoms with Crippen LogP contribution in [0.1, 0.15) is 32.3 Å². The molecule has 0 saturated heterocycles. The monoisotopic (exact) mass is 306 g/mol. The average Bonchev–Trinajstić information content (AvgIpc) is 2.47. The van der Waals surface area contributed by atoms with E-state index in [0.717, 1.165) is 12.0 Å². The Balaban J connectivity index is 2.47. The summed E-state index contributed by atoms with van der Waals surface area (Å²) in [6.45, 7) is 3.68. The van der Waals surface area contributed by atoms with Gasteiger partial charge in [-0.25, -0.2) is 0 Å². The maximum absolute atomic E-state index is 11.8. The first-order valence-corrected chi connectivity index (χ1v) is 7.28. The topological polar surface area (TPSA) is 95.5 Å². The number of hydrogen-bond acceptors (Lipinski definition) is 3. The van der Waals surface area contributed by atoms with Gasteiger partial charge in [0.2, 0.25) is 11.8 Å². The average molecular weight is 306 g/mol. The molecule has 3 N–H and O–H groups in total. The van der Waals surface area contributed by atoms with E-state index in [2.05, 4.69) is 10.6 Å². The molecule has 1 aromatic carbocycles. The molecule has 0 saturated carbocycles.